The molecular weight excluding hydrogens is 340 g/mol. The SMILES string of the molecule is CCOC(=O)C1CCN(C(=O)Nc2cc(OC)c(OC)c(OC)c2)CC1. The van der Waals surface area contributed by atoms with Crippen LogP contribution < -0.4 is 19.5 Å². The highest BCUT2D eigenvalue weighted by Gasteiger charge is 2.28. The number of amides is 2. The smallest absolute Gasteiger partial charge is 0.321 e. The zero-order chi connectivity index (χ0) is 19.1. The molecular formula is C18H26N2O6. The number of methoxy groups -OCH3 is 3. The van der Waals surface area contributed by atoms with Crippen LogP contribution >= 0.6 is 0 Å². The molecule has 1 heterocycles. The average Bonchev–Trinajstić information content (AvgIpc) is 2.67. The third-order valence-corrected chi connectivity index (χ3v) is 4.32. The molecule has 1 saturated heterocycles. The molecule has 0 saturated carbocycles. The van der Waals surface area contributed by atoms with Crippen molar-refractivity contribution in [2.24, 2.45) is 5.92 Å². The van der Waals surface area contributed by atoms with Crippen LogP contribution in [-0.4, -0.2) is 57.9 Å². The van der Waals surface area contributed by atoms with Crippen molar-refractivity contribution in [3.05, 3.63) is 12.1 Å². The minimum Gasteiger partial charge on any atom is -0.493 e. The minimum absolute atomic E-state index is 0.139. The van der Waals surface area contributed by atoms with Crippen LogP contribution in [0.25, 0.3) is 0 Å². The molecule has 2 rings (SSSR count). The molecule has 1 fully saturated rings. The fourth-order valence-corrected chi connectivity index (χ4v) is 2.93. The van der Waals surface area contributed by atoms with Crippen molar-refractivity contribution in [1.29, 1.82) is 0 Å². The maximum absolute atomic E-state index is 12.5. The van der Waals surface area contributed by atoms with Crippen molar-refractivity contribution in [2.75, 3.05) is 46.3 Å². The van der Waals surface area contributed by atoms with E-state index in [-0.39, 0.29) is 17.9 Å². The van der Waals surface area contributed by atoms with Gasteiger partial charge in [-0.15, -0.1) is 0 Å². The number of hydrogen-bond donors (Lipinski definition) is 1. The van der Waals surface area contributed by atoms with Crippen molar-refractivity contribution >= 4 is 17.7 Å². The first-order chi connectivity index (χ1) is 12.5. The number of nitrogens with zero attached hydrogens (tertiary/aromatic N) is 1. The lowest BCUT2D eigenvalue weighted by molar-refractivity contribution is -0.149. The third-order valence-electron chi connectivity index (χ3n) is 4.32. The molecule has 144 valence electrons. The first kappa shape index (κ1) is 19.7. The van der Waals surface area contributed by atoms with E-state index < -0.39 is 0 Å². The number of urea groups is 1. The van der Waals surface area contributed by atoms with Gasteiger partial charge in [0.05, 0.1) is 39.5 Å². The molecule has 1 aliphatic heterocycles. The van der Waals surface area contributed by atoms with Crippen molar-refractivity contribution < 1.29 is 28.5 Å². The monoisotopic (exact) mass is 366 g/mol. The largest absolute Gasteiger partial charge is 0.493 e. The van der Waals surface area contributed by atoms with Crippen LogP contribution in [0.3, 0.4) is 0 Å². The molecule has 0 bridgehead atoms. The van der Waals surface area contributed by atoms with Gasteiger partial charge in [-0.2, -0.15) is 0 Å². The molecule has 0 aromatic heterocycles. The zero-order valence-electron chi connectivity index (χ0n) is 15.7. The summed E-state index contributed by atoms with van der Waals surface area (Å²) in [6, 6.07) is 3.11. The Hall–Kier alpha value is -2.64. The predicted octanol–water partition coefficient (Wildman–Crippen LogP) is 2.52. The molecule has 1 aromatic rings. The van der Waals surface area contributed by atoms with E-state index in [4.69, 9.17) is 18.9 Å². The van der Waals surface area contributed by atoms with Gasteiger partial charge >= 0.3 is 12.0 Å². The van der Waals surface area contributed by atoms with Crippen molar-refractivity contribution in [2.45, 2.75) is 19.8 Å². The van der Waals surface area contributed by atoms with Gasteiger partial charge in [0.15, 0.2) is 11.5 Å². The molecule has 8 nitrogen and oxygen atoms in total. The number of piperidine rings is 1. The second kappa shape index (κ2) is 9.17. The molecule has 0 aliphatic carbocycles. The van der Waals surface area contributed by atoms with Crippen LogP contribution in [0.4, 0.5) is 10.5 Å². The van der Waals surface area contributed by atoms with Gasteiger partial charge in [0.25, 0.3) is 0 Å². The Morgan fingerprint density at radius 1 is 1.08 bits per heavy atom. The normalized spacial score (nSPS) is 14.5. The highest BCUT2D eigenvalue weighted by atomic mass is 16.5. The summed E-state index contributed by atoms with van der Waals surface area (Å²) in [6.45, 7) is 3.16. The molecule has 1 aliphatic rings. The Kier molecular flexibility index (Phi) is 6.94. The van der Waals surface area contributed by atoms with Gasteiger partial charge in [-0.05, 0) is 19.8 Å². The summed E-state index contributed by atoms with van der Waals surface area (Å²) in [7, 11) is 4.55. The minimum atomic E-state index is -0.235. The van der Waals surface area contributed by atoms with E-state index in [2.05, 4.69) is 5.32 Å². The molecule has 0 unspecified atom stereocenters. The molecule has 26 heavy (non-hydrogen) atoms. The van der Waals surface area contributed by atoms with E-state index >= 15 is 0 Å². The first-order valence-corrected chi connectivity index (χ1v) is 8.56. The Morgan fingerprint density at radius 2 is 1.65 bits per heavy atom. The highest BCUT2D eigenvalue weighted by molar-refractivity contribution is 5.90. The number of anilines is 1. The Balaban J connectivity index is 2.01. The van der Waals surface area contributed by atoms with Gasteiger partial charge in [0, 0.05) is 25.2 Å². The number of carbonyl (C=O) groups is 2. The Morgan fingerprint density at radius 3 is 2.12 bits per heavy atom. The first-order valence-electron chi connectivity index (χ1n) is 8.56. The van der Waals surface area contributed by atoms with Gasteiger partial charge in [-0.3, -0.25) is 4.79 Å². The van der Waals surface area contributed by atoms with Gasteiger partial charge < -0.3 is 29.2 Å². The van der Waals surface area contributed by atoms with E-state index in [0.717, 1.165) is 0 Å². The molecule has 8 heteroatoms. The van der Waals surface area contributed by atoms with E-state index in [1.165, 1.54) is 21.3 Å². The maximum Gasteiger partial charge on any atom is 0.321 e. The fraction of sp³-hybridized carbons (Fsp3) is 0.556. The van der Waals surface area contributed by atoms with E-state index in [1.54, 1.807) is 24.0 Å². The Bertz CT molecular complexity index is 616. The molecule has 0 atom stereocenters. The fourth-order valence-electron chi connectivity index (χ4n) is 2.93. The van der Waals surface area contributed by atoms with Crippen LogP contribution in [-0.2, 0) is 9.53 Å². The zero-order valence-corrected chi connectivity index (χ0v) is 15.7. The standard InChI is InChI=1S/C18H26N2O6/c1-5-26-17(21)12-6-8-20(9-7-12)18(22)19-13-10-14(23-2)16(25-4)15(11-13)24-3/h10-12H,5-9H2,1-4H3,(H,19,22). The van der Waals surface area contributed by atoms with E-state index in [1.807, 2.05) is 0 Å². The van der Waals surface area contributed by atoms with Crippen LogP contribution in [0.5, 0.6) is 17.2 Å². The van der Waals surface area contributed by atoms with Crippen molar-refractivity contribution in [3.8, 4) is 17.2 Å². The average molecular weight is 366 g/mol. The van der Waals surface area contributed by atoms with Crippen molar-refractivity contribution in [1.82, 2.24) is 4.90 Å². The second-order valence-corrected chi connectivity index (χ2v) is 5.86. The van der Waals surface area contributed by atoms with Crippen LogP contribution in [0, 0.1) is 5.92 Å². The maximum atomic E-state index is 12.5. The van der Waals surface area contributed by atoms with Crippen LogP contribution in [0.15, 0.2) is 12.1 Å². The summed E-state index contributed by atoms with van der Waals surface area (Å²) < 4.78 is 20.9. The van der Waals surface area contributed by atoms with Gasteiger partial charge in [-0.25, -0.2) is 4.79 Å². The van der Waals surface area contributed by atoms with E-state index in [9.17, 15) is 9.59 Å². The lowest BCUT2D eigenvalue weighted by atomic mass is 9.97. The molecule has 1 N–H and O–H groups in total. The molecule has 2 amide bonds. The number of hydrogen-bond acceptors (Lipinski definition) is 6. The quantitative estimate of drug-likeness (QED) is 0.779. The number of rotatable bonds is 6. The topological polar surface area (TPSA) is 86.3 Å². The predicted molar refractivity (Wildman–Crippen MR) is 96.0 cm³/mol. The third kappa shape index (κ3) is 4.50. The van der Waals surface area contributed by atoms with Crippen LogP contribution in [0.2, 0.25) is 0 Å². The lowest BCUT2D eigenvalue weighted by Crippen LogP contribution is -2.42. The lowest BCUT2D eigenvalue weighted by Gasteiger charge is -2.31. The number of esters is 1. The van der Waals surface area contributed by atoms with Gasteiger partial charge in [0.1, 0.15) is 0 Å². The molecule has 0 radical (unpaired) electrons. The number of carbonyl (C=O) groups excluding carboxylic acids is 2. The summed E-state index contributed by atoms with van der Waals surface area (Å²) in [5.74, 6) is 1.06. The number of likely N-dealkylation sites (tertiary alicyclic amines) is 1. The summed E-state index contributed by atoms with van der Waals surface area (Å²) in [5.41, 5.74) is 0.539. The number of nitrogens with one attached hydrogen (secondary N) is 1. The number of ether oxygens (including phenoxy) is 4. The highest BCUT2D eigenvalue weighted by Crippen LogP contribution is 2.40. The summed E-state index contributed by atoms with van der Waals surface area (Å²) >= 11 is 0. The summed E-state index contributed by atoms with van der Waals surface area (Å²) in [5, 5.41) is 2.84. The summed E-state index contributed by atoms with van der Waals surface area (Å²) in [4.78, 5) is 26.0. The summed E-state index contributed by atoms with van der Waals surface area (Å²) in [6.07, 6.45) is 1.20. The molecule has 1 aromatic carbocycles. The number of benzene rings is 1. The van der Waals surface area contributed by atoms with Gasteiger partial charge in [0.2, 0.25) is 5.75 Å². The van der Waals surface area contributed by atoms with Gasteiger partial charge in [-0.1, -0.05) is 0 Å². The Labute approximate surface area is 153 Å². The van der Waals surface area contributed by atoms with Crippen LogP contribution in [0.1, 0.15) is 19.8 Å². The van der Waals surface area contributed by atoms with Crippen molar-refractivity contribution in [3.63, 3.8) is 0 Å². The molecule has 0 spiro atoms. The van der Waals surface area contributed by atoms with E-state index in [0.29, 0.717) is 55.5 Å². The second-order valence-electron chi connectivity index (χ2n) is 5.86.